The number of esters is 1. The third kappa shape index (κ3) is 3.32. The quantitative estimate of drug-likeness (QED) is 0.568. The second-order valence-electron chi connectivity index (χ2n) is 5.17. The fraction of sp³-hybridized carbons (Fsp3) is 0.105. The van der Waals surface area contributed by atoms with Gasteiger partial charge in [-0.1, -0.05) is 41.4 Å². The zero-order chi connectivity index (χ0) is 17.1. The number of aromatic nitrogens is 1. The van der Waals surface area contributed by atoms with Crippen molar-refractivity contribution >= 4 is 46.8 Å². The van der Waals surface area contributed by atoms with Crippen LogP contribution in [0.4, 0.5) is 0 Å². The monoisotopic (exact) mass is 359 g/mol. The summed E-state index contributed by atoms with van der Waals surface area (Å²) in [4.78, 5) is 12.1. The van der Waals surface area contributed by atoms with E-state index >= 15 is 0 Å². The number of hydrogen-bond acceptors (Lipinski definition) is 2. The van der Waals surface area contributed by atoms with Gasteiger partial charge in [0.1, 0.15) is 0 Å². The minimum Gasteiger partial charge on any atom is -0.462 e. The number of carbonyl (C=O) groups excluding carboxylic acids is 1. The molecule has 122 valence electrons. The van der Waals surface area contributed by atoms with Crippen molar-refractivity contribution in [2.75, 3.05) is 6.61 Å². The van der Waals surface area contributed by atoms with E-state index in [0.717, 1.165) is 16.8 Å². The summed E-state index contributed by atoms with van der Waals surface area (Å²) in [5.41, 5.74) is 3.16. The topological polar surface area (TPSA) is 30.7 Å². The summed E-state index contributed by atoms with van der Waals surface area (Å²) in [5, 5.41) is 1.03. The molecule has 0 saturated carbocycles. The van der Waals surface area contributed by atoms with Gasteiger partial charge >= 0.3 is 5.97 Å². The second kappa shape index (κ2) is 7.12. The summed E-state index contributed by atoms with van der Waals surface area (Å²) in [7, 11) is 0. The SMILES string of the molecule is CCOC(=O)c1cc(/C=C/c2ccc(Cl)c(Cl)c2)n2ccccc12. The van der Waals surface area contributed by atoms with Gasteiger partial charge in [-0.25, -0.2) is 4.79 Å². The lowest BCUT2D eigenvalue weighted by atomic mass is 10.2. The molecule has 0 unspecified atom stereocenters. The molecule has 2 heterocycles. The van der Waals surface area contributed by atoms with E-state index in [4.69, 9.17) is 27.9 Å². The van der Waals surface area contributed by atoms with Crippen LogP contribution >= 0.6 is 23.2 Å². The van der Waals surface area contributed by atoms with Gasteiger partial charge in [-0.15, -0.1) is 0 Å². The molecular weight excluding hydrogens is 345 g/mol. The predicted molar refractivity (Wildman–Crippen MR) is 98.7 cm³/mol. The molecule has 0 aliphatic heterocycles. The number of hydrogen-bond donors (Lipinski definition) is 0. The zero-order valence-electron chi connectivity index (χ0n) is 13.0. The maximum Gasteiger partial charge on any atom is 0.340 e. The Kier molecular flexibility index (Phi) is 4.93. The van der Waals surface area contributed by atoms with E-state index in [1.165, 1.54) is 0 Å². The summed E-state index contributed by atoms with van der Waals surface area (Å²) < 4.78 is 7.08. The Hall–Kier alpha value is -2.23. The molecule has 0 spiro atoms. The van der Waals surface area contributed by atoms with Crippen LogP contribution in [-0.4, -0.2) is 17.0 Å². The van der Waals surface area contributed by atoms with Crippen LogP contribution in [-0.2, 0) is 4.74 Å². The molecule has 0 aliphatic rings. The number of rotatable bonds is 4. The molecule has 0 radical (unpaired) electrons. The number of ether oxygens (including phenoxy) is 1. The zero-order valence-corrected chi connectivity index (χ0v) is 14.5. The first kappa shape index (κ1) is 16.6. The molecule has 0 bridgehead atoms. The molecule has 0 N–H and O–H groups in total. The predicted octanol–water partition coefficient (Wildman–Crippen LogP) is 5.59. The van der Waals surface area contributed by atoms with Crippen molar-refractivity contribution in [2.24, 2.45) is 0 Å². The number of benzene rings is 1. The van der Waals surface area contributed by atoms with Gasteiger partial charge in [-0.2, -0.15) is 0 Å². The molecular formula is C19H15Cl2NO2. The van der Waals surface area contributed by atoms with E-state index in [0.29, 0.717) is 22.2 Å². The maximum absolute atomic E-state index is 12.1. The average Bonchev–Trinajstić information content (AvgIpc) is 2.95. The van der Waals surface area contributed by atoms with E-state index < -0.39 is 0 Å². The molecule has 0 aliphatic carbocycles. The second-order valence-corrected chi connectivity index (χ2v) is 5.98. The molecule has 1 aromatic carbocycles. The Morgan fingerprint density at radius 3 is 2.71 bits per heavy atom. The average molecular weight is 360 g/mol. The Balaban J connectivity index is 2.01. The number of nitrogens with zero attached hydrogens (tertiary/aromatic N) is 1. The van der Waals surface area contributed by atoms with Gasteiger partial charge in [-0.3, -0.25) is 0 Å². The molecule has 5 heteroatoms. The van der Waals surface area contributed by atoms with Crippen molar-refractivity contribution in [3.63, 3.8) is 0 Å². The lowest BCUT2D eigenvalue weighted by molar-refractivity contribution is 0.0529. The van der Waals surface area contributed by atoms with Gasteiger partial charge in [0.15, 0.2) is 0 Å². The van der Waals surface area contributed by atoms with Crippen molar-refractivity contribution in [1.82, 2.24) is 4.40 Å². The summed E-state index contributed by atoms with van der Waals surface area (Å²) in [5.74, 6) is -0.324. The van der Waals surface area contributed by atoms with Gasteiger partial charge in [0, 0.05) is 11.9 Å². The Morgan fingerprint density at radius 2 is 1.96 bits per heavy atom. The van der Waals surface area contributed by atoms with Crippen molar-refractivity contribution < 1.29 is 9.53 Å². The van der Waals surface area contributed by atoms with Crippen molar-refractivity contribution in [2.45, 2.75) is 6.92 Å². The highest BCUT2D eigenvalue weighted by Crippen LogP contribution is 2.24. The van der Waals surface area contributed by atoms with Crippen LogP contribution < -0.4 is 0 Å². The van der Waals surface area contributed by atoms with E-state index in [-0.39, 0.29) is 5.97 Å². The van der Waals surface area contributed by atoms with Gasteiger partial charge in [0.25, 0.3) is 0 Å². The largest absolute Gasteiger partial charge is 0.462 e. The van der Waals surface area contributed by atoms with Crippen molar-refractivity contribution in [3.8, 4) is 0 Å². The fourth-order valence-electron chi connectivity index (χ4n) is 2.48. The highest BCUT2D eigenvalue weighted by atomic mass is 35.5. The lowest BCUT2D eigenvalue weighted by Crippen LogP contribution is -2.03. The van der Waals surface area contributed by atoms with Gasteiger partial charge < -0.3 is 9.14 Å². The Labute approximate surface area is 150 Å². The van der Waals surface area contributed by atoms with E-state index in [1.54, 1.807) is 19.1 Å². The summed E-state index contributed by atoms with van der Waals surface area (Å²) in [6.45, 7) is 2.14. The standard InChI is InChI=1S/C19H15Cl2NO2/c1-2-24-19(23)15-12-14(22-10-4-3-5-18(15)22)8-6-13-7-9-16(20)17(21)11-13/h3-12H,2H2,1H3/b8-6+. The number of carbonyl (C=O) groups is 1. The molecule has 24 heavy (non-hydrogen) atoms. The molecule has 0 saturated heterocycles. The first-order valence-corrected chi connectivity index (χ1v) is 8.26. The van der Waals surface area contributed by atoms with Crippen LogP contribution in [0.25, 0.3) is 17.7 Å². The van der Waals surface area contributed by atoms with Crippen molar-refractivity contribution in [1.29, 1.82) is 0 Å². The minimum absolute atomic E-state index is 0.324. The molecule has 0 atom stereocenters. The molecule has 3 rings (SSSR count). The molecule has 3 aromatic rings. The smallest absolute Gasteiger partial charge is 0.340 e. The first-order valence-electron chi connectivity index (χ1n) is 7.50. The fourth-order valence-corrected chi connectivity index (χ4v) is 2.78. The summed E-state index contributed by atoms with van der Waals surface area (Å²) in [6.07, 6.45) is 5.76. The third-order valence-corrected chi connectivity index (χ3v) is 4.33. The van der Waals surface area contributed by atoms with E-state index in [9.17, 15) is 4.79 Å². The highest BCUT2D eigenvalue weighted by molar-refractivity contribution is 6.42. The van der Waals surface area contributed by atoms with Gasteiger partial charge in [-0.05, 0) is 48.9 Å². The van der Waals surface area contributed by atoms with E-state index in [2.05, 4.69) is 0 Å². The molecule has 3 nitrogen and oxygen atoms in total. The van der Waals surface area contributed by atoms with Crippen LogP contribution in [0.15, 0.2) is 48.7 Å². The maximum atomic E-state index is 12.1. The van der Waals surface area contributed by atoms with Gasteiger partial charge in [0.05, 0.1) is 27.7 Å². The molecule has 2 aromatic heterocycles. The third-order valence-electron chi connectivity index (χ3n) is 3.59. The van der Waals surface area contributed by atoms with Crippen molar-refractivity contribution in [3.05, 3.63) is 75.5 Å². The Bertz CT molecular complexity index is 928. The van der Waals surface area contributed by atoms with Gasteiger partial charge in [0.2, 0.25) is 0 Å². The van der Waals surface area contributed by atoms with Crippen LogP contribution in [0.5, 0.6) is 0 Å². The lowest BCUT2D eigenvalue weighted by Gasteiger charge is -2.00. The van der Waals surface area contributed by atoms with Crippen LogP contribution in [0.1, 0.15) is 28.5 Å². The minimum atomic E-state index is -0.324. The number of pyridine rings is 1. The highest BCUT2D eigenvalue weighted by Gasteiger charge is 2.14. The molecule has 0 amide bonds. The number of halogens is 2. The Morgan fingerprint density at radius 1 is 1.12 bits per heavy atom. The summed E-state index contributed by atoms with van der Waals surface area (Å²) >= 11 is 12.0. The van der Waals surface area contributed by atoms with Crippen LogP contribution in [0.2, 0.25) is 10.0 Å². The van der Waals surface area contributed by atoms with Crippen LogP contribution in [0, 0.1) is 0 Å². The van der Waals surface area contributed by atoms with Crippen LogP contribution in [0.3, 0.4) is 0 Å². The van der Waals surface area contributed by atoms with E-state index in [1.807, 2.05) is 53.1 Å². The molecule has 0 fully saturated rings. The summed E-state index contributed by atoms with van der Waals surface area (Å²) in [6, 6.07) is 13.0. The normalized spacial score (nSPS) is 11.3. The number of fused-ring (bicyclic) bond motifs is 1. The first-order chi connectivity index (χ1) is 11.6.